The second-order valence-corrected chi connectivity index (χ2v) is 22.0. The SMILES string of the molecule is CO[C@H]1O[C@H](COC(=O)O[C@@H]2O[C@H](COC(=O)C(C)(C)C)[C@@H](OC(=O)C(C)(C)C)[C@H](OC(=O)C(C)(C)C)[C@H]2OC(=O)C(C)(C)C)[C@@H](OCc2ccccc2)[C@H](OCc2ccccc2)[C@H]1OCc1ccccc1. The summed E-state index contributed by atoms with van der Waals surface area (Å²) in [5.74, 6) is -2.98. The van der Waals surface area contributed by atoms with E-state index in [0.29, 0.717) is 0 Å². The Balaban J connectivity index is 1.51. The zero-order valence-corrected chi connectivity index (χ0v) is 43.9. The van der Waals surface area contributed by atoms with E-state index in [-0.39, 0.29) is 19.8 Å². The smallest absolute Gasteiger partial charge is 0.462 e. The Labute approximate surface area is 423 Å². The van der Waals surface area contributed by atoms with E-state index in [4.69, 9.17) is 56.8 Å². The third-order valence-corrected chi connectivity index (χ3v) is 11.4. The Hall–Kier alpha value is -5.43. The third-order valence-electron chi connectivity index (χ3n) is 11.4. The van der Waals surface area contributed by atoms with Crippen LogP contribution in [0.3, 0.4) is 0 Å². The largest absolute Gasteiger partial charge is 0.510 e. The monoisotopic (exact) mass is 1010 g/mol. The molecule has 0 aromatic heterocycles. The van der Waals surface area contributed by atoms with E-state index in [0.717, 1.165) is 16.7 Å². The van der Waals surface area contributed by atoms with Crippen LogP contribution in [0.1, 0.15) is 99.8 Å². The molecule has 17 nitrogen and oxygen atoms in total. The number of esters is 4. The summed E-state index contributed by atoms with van der Waals surface area (Å²) in [7, 11) is 1.46. The van der Waals surface area contributed by atoms with Crippen molar-refractivity contribution >= 4 is 30.0 Å². The summed E-state index contributed by atoms with van der Waals surface area (Å²) < 4.78 is 74.0. The molecule has 72 heavy (non-hydrogen) atoms. The van der Waals surface area contributed by atoms with E-state index in [1.54, 1.807) is 83.1 Å². The molecule has 396 valence electrons. The Morgan fingerprint density at radius 3 is 1.19 bits per heavy atom. The van der Waals surface area contributed by atoms with E-state index >= 15 is 0 Å². The first-order valence-electron chi connectivity index (χ1n) is 24.2. The predicted molar refractivity (Wildman–Crippen MR) is 260 cm³/mol. The van der Waals surface area contributed by atoms with Crippen LogP contribution in [0.2, 0.25) is 0 Å². The van der Waals surface area contributed by atoms with Crippen LogP contribution in [-0.2, 0) is 95.8 Å². The van der Waals surface area contributed by atoms with E-state index in [1.807, 2.05) is 91.0 Å². The highest BCUT2D eigenvalue weighted by Gasteiger charge is 2.57. The van der Waals surface area contributed by atoms with Gasteiger partial charge in [0.05, 0.1) is 41.5 Å². The number of methoxy groups -OCH3 is 1. The normalized spacial score (nSPS) is 24.8. The summed E-state index contributed by atoms with van der Waals surface area (Å²) in [6.07, 6.45) is -14.5. The van der Waals surface area contributed by atoms with Gasteiger partial charge in [-0.1, -0.05) is 91.0 Å². The highest BCUT2D eigenvalue weighted by atomic mass is 16.8. The minimum Gasteiger partial charge on any atom is -0.462 e. The van der Waals surface area contributed by atoms with Crippen LogP contribution in [0.15, 0.2) is 91.0 Å². The minimum atomic E-state index is -1.90. The lowest BCUT2D eigenvalue weighted by molar-refractivity contribution is -0.323. The average molecular weight is 1010 g/mol. The maximum atomic E-state index is 14.2. The van der Waals surface area contributed by atoms with Gasteiger partial charge in [-0.25, -0.2) is 4.79 Å². The molecule has 0 aliphatic carbocycles. The number of ether oxygens (including phenoxy) is 12. The molecule has 0 N–H and O–H groups in total. The third kappa shape index (κ3) is 16.5. The molecule has 0 spiro atoms. The van der Waals surface area contributed by atoms with Gasteiger partial charge in [0, 0.05) is 7.11 Å². The first kappa shape index (κ1) is 57.5. The van der Waals surface area contributed by atoms with Crippen molar-refractivity contribution in [2.24, 2.45) is 21.7 Å². The molecule has 2 aliphatic rings. The standard InChI is InChI=1S/C55H74O17/c1-52(2,3)47(56)65-32-38-40(69-48(57)53(4,5)6)42(70-49(58)54(7,8)9)44(71-50(59)55(10,11)12)46(68-38)72-51(60)66-33-37-39(62-29-34-23-17-14-18-24-34)41(63-30-35-25-19-15-20-26-35)43(45(61-13)67-37)64-31-36-27-21-16-22-28-36/h14-28,37-46H,29-33H2,1-13H3/t37-,38-,39-,40-,41+,42+,43-,44-,45+,46+/m1/s1. The quantitative estimate of drug-likeness (QED) is 0.0868. The number of carbonyl (C=O) groups is 5. The number of benzene rings is 3. The maximum absolute atomic E-state index is 14.2. The van der Waals surface area contributed by atoms with Gasteiger partial charge in [-0.3, -0.25) is 19.2 Å². The van der Waals surface area contributed by atoms with E-state index in [1.165, 1.54) is 7.11 Å². The van der Waals surface area contributed by atoms with Gasteiger partial charge in [0.15, 0.2) is 18.5 Å². The van der Waals surface area contributed by atoms with Crippen molar-refractivity contribution in [1.82, 2.24) is 0 Å². The second kappa shape index (κ2) is 25.0. The summed E-state index contributed by atoms with van der Waals surface area (Å²) in [6.45, 7) is 18.7. The summed E-state index contributed by atoms with van der Waals surface area (Å²) >= 11 is 0. The van der Waals surface area contributed by atoms with Crippen LogP contribution in [0.5, 0.6) is 0 Å². The molecule has 3 aromatic rings. The fourth-order valence-electron chi connectivity index (χ4n) is 7.13. The number of hydrogen-bond donors (Lipinski definition) is 0. The maximum Gasteiger partial charge on any atom is 0.510 e. The van der Waals surface area contributed by atoms with Crippen LogP contribution in [0.25, 0.3) is 0 Å². The fourth-order valence-corrected chi connectivity index (χ4v) is 7.13. The molecule has 5 rings (SSSR count). The molecule has 0 radical (unpaired) electrons. The first-order chi connectivity index (χ1) is 33.8. The van der Waals surface area contributed by atoms with Gasteiger partial charge in [0.2, 0.25) is 12.4 Å². The molecule has 2 aliphatic heterocycles. The van der Waals surface area contributed by atoms with Gasteiger partial charge in [-0.15, -0.1) is 0 Å². The highest BCUT2D eigenvalue weighted by molar-refractivity contribution is 5.78. The van der Waals surface area contributed by atoms with Crippen molar-refractivity contribution in [3.8, 4) is 0 Å². The summed E-state index contributed by atoms with van der Waals surface area (Å²) in [5.41, 5.74) is -1.73. The predicted octanol–water partition coefficient (Wildman–Crippen LogP) is 8.46. The topological polar surface area (TPSA) is 196 Å². The van der Waals surface area contributed by atoms with E-state index in [9.17, 15) is 24.0 Å². The molecule has 17 heteroatoms. The molecule has 3 aromatic carbocycles. The van der Waals surface area contributed by atoms with Gasteiger partial charge >= 0.3 is 30.0 Å². The molecule has 0 amide bonds. The Bertz CT molecular complexity index is 2210. The van der Waals surface area contributed by atoms with Crippen LogP contribution in [0, 0.1) is 21.7 Å². The lowest BCUT2D eigenvalue weighted by atomic mass is 9.93. The highest BCUT2D eigenvalue weighted by Crippen LogP contribution is 2.36. The molecule has 0 bridgehead atoms. The van der Waals surface area contributed by atoms with Crippen LogP contribution >= 0.6 is 0 Å². The Morgan fingerprint density at radius 1 is 0.403 bits per heavy atom. The molecule has 0 unspecified atom stereocenters. The molecular formula is C55H74O17. The first-order valence-corrected chi connectivity index (χ1v) is 24.2. The lowest BCUT2D eigenvalue weighted by Crippen LogP contribution is -2.64. The Morgan fingerprint density at radius 2 is 0.764 bits per heavy atom. The number of hydrogen-bond acceptors (Lipinski definition) is 17. The van der Waals surface area contributed by atoms with Gasteiger partial charge in [0.1, 0.15) is 43.7 Å². The van der Waals surface area contributed by atoms with Crippen molar-refractivity contribution in [1.29, 1.82) is 0 Å². The van der Waals surface area contributed by atoms with Crippen LogP contribution in [-0.4, -0.2) is 112 Å². The summed E-state index contributed by atoms with van der Waals surface area (Å²) in [6, 6.07) is 28.6. The van der Waals surface area contributed by atoms with Crippen molar-refractivity contribution in [2.75, 3.05) is 20.3 Å². The zero-order chi connectivity index (χ0) is 53.0. The molecule has 2 saturated heterocycles. The Kier molecular flexibility index (Phi) is 20.0. The lowest BCUT2D eigenvalue weighted by Gasteiger charge is -2.46. The number of rotatable bonds is 18. The molecule has 0 saturated carbocycles. The van der Waals surface area contributed by atoms with Crippen molar-refractivity contribution in [3.63, 3.8) is 0 Å². The molecule has 2 heterocycles. The van der Waals surface area contributed by atoms with Crippen LogP contribution in [0.4, 0.5) is 4.79 Å². The van der Waals surface area contributed by atoms with Gasteiger partial charge in [-0.05, 0) is 99.8 Å². The van der Waals surface area contributed by atoms with Crippen LogP contribution < -0.4 is 0 Å². The second-order valence-electron chi connectivity index (χ2n) is 22.0. The zero-order valence-electron chi connectivity index (χ0n) is 43.9. The fraction of sp³-hybridized carbons (Fsp3) is 0.582. The summed E-state index contributed by atoms with van der Waals surface area (Å²) in [5, 5.41) is 0. The van der Waals surface area contributed by atoms with Gasteiger partial charge in [-0.2, -0.15) is 0 Å². The summed E-state index contributed by atoms with van der Waals surface area (Å²) in [4.78, 5) is 68.6. The van der Waals surface area contributed by atoms with Crippen molar-refractivity contribution in [3.05, 3.63) is 108 Å². The molecule has 2 fully saturated rings. The number of carbonyl (C=O) groups excluding carboxylic acids is 5. The van der Waals surface area contributed by atoms with Crippen molar-refractivity contribution < 1.29 is 80.8 Å². The van der Waals surface area contributed by atoms with E-state index < -0.39 is 126 Å². The van der Waals surface area contributed by atoms with Gasteiger partial charge < -0.3 is 56.8 Å². The van der Waals surface area contributed by atoms with Gasteiger partial charge in [0.25, 0.3) is 0 Å². The van der Waals surface area contributed by atoms with Crippen molar-refractivity contribution in [2.45, 2.75) is 164 Å². The minimum absolute atomic E-state index is 0.109. The molecule has 10 atom stereocenters. The van der Waals surface area contributed by atoms with E-state index in [2.05, 4.69) is 0 Å². The molecular weight excluding hydrogens is 933 g/mol. The average Bonchev–Trinajstić information content (AvgIpc) is 3.32.